The van der Waals surface area contributed by atoms with Crippen molar-refractivity contribution >= 4 is 5.91 Å². The van der Waals surface area contributed by atoms with Gasteiger partial charge in [-0.25, -0.2) is 0 Å². The van der Waals surface area contributed by atoms with Crippen molar-refractivity contribution in [2.75, 3.05) is 13.6 Å². The third-order valence-electron chi connectivity index (χ3n) is 3.45. The summed E-state index contributed by atoms with van der Waals surface area (Å²) in [6.45, 7) is 4.27. The van der Waals surface area contributed by atoms with Gasteiger partial charge in [0.1, 0.15) is 6.10 Å². The molecule has 1 amide bonds. The standard InChI is InChI=1S/C14H24N2O2/c1-4-13(18-12-7-5-6-8-12)14(17)16(3)10-11(2)9-15/h11-13H,4-8,10H2,1-3H3/t11-,13-/m1/s1. The zero-order valence-electron chi connectivity index (χ0n) is 11.7. The van der Waals surface area contributed by atoms with Crippen LogP contribution < -0.4 is 0 Å². The Morgan fingerprint density at radius 3 is 2.61 bits per heavy atom. The van der Waals surface area contributed by atoms with Crippen LogP contribution in [0.25, 0.3) is 0 Å². The summed E-state index contributed by atoms with van der Waals surface area (Å²) in [7, 11) is 1.75. The monoisotopic (exact) mass is 252 g/mol. The summed E-state index contributed by atoms with van der Waals surface area (Å²) in [4.78, 5) is 13.8. The highest BCUT2D eigenvalue weighted by Gasteiger charge is 2.26. The highest BCUT2D eigenvalue weighted by atomic mass is 16.5. The number of carbonyl (C=O) groups excluding carboxylic acids is 1. The molecule has 0 aromatic carbocycles. The molecule has 1 saturated carbocycles. The predicted octanol–water partition coefficient (Wildman–Crippen LogP) is 2.34. The summed E-state index contributed by atoms with van der Waals surface area (Å²) in [6.07, 6.45) is 5.16. The Morgan fingerprint density at radius 1 is 1.50 bits per heavy atom. The molecule has 0 spiro atoms. The van der Waals surface area contributed by atoms with Crippen LogP contribution in [0.2, 0.25) is 0 Å². The Kier molecular flexibility index (Phi) is 6.14. The van der Waals surface area contributed by atoms with E-state index in [4.69, 9.17) is 10.00 Å². The number of hydrogen-bond acceptors (Lipinski definition) is 3. The summed E-state index contributed by atoms with van der Waals surface area (Å²) in [5.74, 6) is -0.130. The molecule has 1 fully saturated rings. The molecular formula is C14H24N2O2. The summed E-state index contributed by atoms with van der Waals surface area (Å²) in [5.41, 5.74) is 0. The molecule has 0 aliphatic heterocycles. The van der Waals surface area contributed by atoms with Gasteiger partial charge in [-0.15, -0.1) is 0 Å². The van der Waals surface area contributed by atoms with E-state index in [0.29, 0.717) is 13.0 Å². The number of rotatable bonds is 6. The molecule has 1 aliphatic carbocycles. The van der Waals surface area contributed by atoms with Crippen LogP contribution in [0.1, 0.15) is 46.0 Å². The fourth-order valence-electron chi connectivity index (χ4n) is 2.37. The molecule has 2 atom stereocenters. The number of nitriles is 1. The second-order valence-electron chi connectivity index (χ2n) is 5.19. The van der Waals surface area contributed by atoms with Gasteiger partial charge in [0.05, 0.1) is 18.1 Å². The van der Waals surface area contributed by atoms with Crippen molar-refractivity contribution in [3.8, 4) is 6.07 Å². The molecule has 1 aliphatic rings. The number of ether oxygens (including phenoxy) is 1. The first-order chi connectivity index (χ1) is 8.58. The largest absolute Gasteiger partial charge is 0.365 e. The minimum Gasteiger partial charge on any atom is -0.365 e. The highest BCUT2D eigenvalue weighted by molar-refractivity contribution is 5.80. The van der Waals surface area contributed by atoms with Gasteiger partial charge >= 0.3 is 0 Å². The Bertz CT molecular complexity index is 305. The summed E-state index contributed by atoms with van der Waals surface area (Å²) in [6, 6.07) is 2.15. The Labute approximate surface area is 110 Å². The van der Waals surface area contributed by atoms with Crippen molar-refractivity contribution in [1.29, 1.82) is 5.26 Å². The van der Waals surface area contributed by atoms with Gasteiger partial charge in [-0.3, -0.25) is 4.79 Å². The van der Waals surface area contributed by atoms with Crippen molar-refractivity contribution in [3.63, 3.8) is 0 Å². The number of nitrogens with zero attached hydrogens (tertiary/aromatic N) is 2. The van der Waals surface area contributed by atoms with Gasteiger partial charge in [0.2, 0.25) is 0 Å². The molecular weight excluding hydrogens is 228 g/mol. The predicted molar refractivity (Wildman–Crippen MR) is 69.8 cm³/mol. The molecule has 0 radical (unpaired) electrons. The molecule has 0 unspecified atom stereocenters. The van der Waals surface area contributed by atoms with E-state index in [9.17, 15) is 4.79 Å². The van der Waals surface area contributed by atoms with Crippen LogP contribution in [-0.2, 0) is 9.53 Å². The van der Waals surface area contributed by atoms with E-state index in [1.165, 1.54) is 12.8 Å². The van der Waals surface area contributed by atoms with Crippen molar-refractivity contribution in [3.05, 3.63) is 0 Å². The molecule has 0 saturated heterocycles. The summed E-state index contributed by atoms with van der Waals surface area (Å²) in [5, 5.41) is 8.77. The van der Waals surface area contributed by atoms with E-state index in [-0.39, 0.29) is 24.0 Å². The topological polar surface area (TPSA) is 53.3 Å². The molecule has 18 heavy (non-hydrogen) atoms. The Morgan fingerprint density at radius 2 is 2.11 bits per heavy atom. The molecule has 4 nitrogen and oxygen atoms in total. The van der Waals surface area contributed by atoms with Crippen LogP contribution in [0.4, 0.5) is 0 Å². The average Bonchev–Trinajstić information content (AvgIpc) is 2.87. The van der Waals surface area contributed by atoms with Crippen LogP contribution in [0.15, 0.2) is 0 Å². The second-order valence-corrected chi connectivity index (χ2v) is 5.19. The zero-order valence-corrected chi connectivity index (χ0v) is 11.7. The van der Waals surface area contributed by atoms with E-state index in [1.54, 1.807) is 11.9 Å². The van der Waals surface area contributed by atoms with Crippen LogP contribution in [-0.4, -0.2) is 36.6 Å². The lowest BCUT2D eigenvalue weighted by atomic mass is 10.1. The van der Waals surface area contributed by atoms with E-state index in [2.05, 4.69) is 6.07 Å². The number of likely N-dealkylation sites (N-methyl/N-ethyl adjacent to an activating group) is 1. The Balaban J connectivity index is 2.47. The van der Waals surface area contributed by atoms with Gasteiger partial charge in [-0.05, 0) is 26.2 Å². The first-order valence-electron chi connectivity index (χ1n) is 6.88. The van der Waals surface area contributed by atoms with Crippen LogP contribution in [0.5, 0.6) is 0 Å². The number of hydrogen-bond donors (Lipinski definition) is 0. The lowest BCUT2D eigenvalue weighted by molar-refractivity contribution is -0.146. The minimum atomic E-state index is -0.344. The van der Waals surface area contributed by atoms with Crippen LogP contribution in [0.3, 0.4) is 0 Å². The van der Waals surface area contributed by atoms with Crippen molar-refractivity contribution in [2.24, 2.45) is 5.92 Å². The molecule has 4 heteroatoms. The summed E-state index contributed by atoms with van der Waals surface area (Å²) >= 11 is 0. The number of carbonyl (C=O) groups is 1. The molecule has 0 aromatic heterocycles. The quantitative estimate of drug-likeness (QED) is 0.729. The maximum Gasteiger partial charge on any atom is 0.251 e. The van der Waals surface area contributed by atoms with Gasteiger partial charge < -0.3 is 9.64 Å². The van der Waals surface area contributed by atoms with Crippen LogP contribution >= 0.6 is 0 Å². The van der Waals surface area contributed by atoms with Gasteiger partial charge in [0.25, 0.3) is 5.91 Å². The maximum atomic E-state index is 12.2. The lowest BCUT2D eigenvalue weighted by Crippen LogP contribution is -2.41. The van der Waals surface area contributed by atoms with E-state index >= 15 is 0 Å². The van der Waals surface area contributed by atoms with E-state index in [0.717, 1.165) is 12.8 Å². The van der Waals surface area contributed by atoms with Gasteiger partial charge in [-0.1, -0.05) is 19.8 Å². The fraction of sp³-hybridized carbons (Fsp3) is 0.857. The van der Waals surface area contributed by atoms with Crippen molar-refractivity contribution < 1.29 is 9.53 Å². The number of amides is 1. The maximum absolute atomic E-state index is 12.2. The molecule has 1 rings (SSSR count). The fourth-order valence-corrected chi connectivity index (χ4v) is 2.37. The zero-order chi connectivity index (χ0) is 13.5. The summed E-state index contributed by atoms with van der Waals surface area (Å²) < 4.78 is 5.88. The lowest BCUT2D eigenvalue weighted by Gasteiger charge is -2.26. The molecule has 0 aromatic rings. The molecule has 0 bridgehead atoms. The van der Waals surface area contributed by atoms with Crippen molar-refractivity contribution in [2.45, 2.75) is 58.2 Å². The van der Waals surface area contributed by atoms with Crippen molar-refractivity contribution in [1.82, 2.24) is 4.90 Å². The van der Waals surface area contributed by atoms with E-state index in [1.807, 2.05) is 13.8 Å². The Hall–Kier alpha value is -1.08. The third kappa shape index (κ3) is 4.30. The smallest absolute Gasteiger partial charge is 0.251 e. The normalized spacial score (nSPS) is 19.2. The average molecular weight is 252 g/mol. The first kappa shape index (κ1) is 15.0. The SMILES string of the molecule is CC[C@@H](OC1CCCC1)C(=O)N(C)C[C@H](C)C#N. The first-order valence-corrected chi connectivity index (χ1v) is 6.88. The van der Waals surface area contributed by atoms with Gasteiger partial charge in [0, 0.05) is 13.6 Å². The molecule has 102 valence electrons. The van der Waals surface area contributed by atoms with E-state index < -0.39 is 0 Å². The molecule has 0 N–H and O–H groups in total. The third-order valence-corrected chi connectivity index (χ3v) is 3.45. The minimum absolute atomic E-state index is 0.00602. The highest BCUT2D eigenvalue weighted by Crippen LogP contribution is 2.23. The molecule has 0 heterocycles. The second kappa shape index (κ2) is 7.38. The van der Waals surface area contributed by atoms with Gasteiger partial charge in [0.15, 0.2) is 0 Å². The van der Waals surface area contributed by atoms with Gasteiger partial charge in [-0.2, -0.15) is 5.26 Å². The van der Waals surface area contributed by atoms with Crippen LogP contribution in [0, 0.1) is 17.2 Å².